The van der Waals surface area contributed by atoms with E-state index >= 15 is 0 Å². The number of benzene rings is 2. The zero-order chi connectivity index (χ0) is 16.6. The standard InChI is InChI=1S/C22H27NO/c1-17-7-5-6-10-20(17)22(24,15-18-8-3-2-4-9-18)21-16-23-13-11-19(21)12-14-23/h2-10,19,21,24H,11-16H2,1H3/p+1/t21-,22+/m1/s1. The molecule has 3 fully saturated rings. The van der Waals surface area contributed by atoms with Crippen LogP contribution in [0.1, 0.15) is 29.5 Å². The number of nitrogens with one attached hydrogen (secondary N) is 1. The highest BCUT2D eigenvalue weighted by Gasteiger charge is 2.50. The monoisotopic (exact) mass is 322 g/mol. The second-order valence-corrected chi connectivity index (χ2v) is 7.80. The van der Waals surface area contributed by atoms with Crippen molar-refractivity contribution < 1.29 is 10.0 Å². The summed E-state index contributed by atoms with van der Waals surface area (Å²) in [5.74, 6) is 1.02. The molecular weight excluding hydrogens is 294 g/mol. The molecule has 3 saturated heterocycles. The van der Waals surface area contributed by atoms with Crippen LogP contribution in [0, 0.1) is 18.8 Å². The molecule has 3 aliphatic rings. The Kier molecular flexibility index (Phi) is 4.19. The quantitative estimate of drug-likeness (QED) is 0.887. The number of aryl methyl sites for hydroxylation is 1. The van der Waals surface area contributed by atoms with E-state index in [4.69, 9.17) is 0 Å². The Labute approximate surface area is 145 Å². The van der Waals surface area contributed by atoms with Gasteiger partial charge < -0.3 is 10.0 Å². The third-order valence-corrected chi connectivity index (χ3v) is 6.36. The van der Waals surface area contributed by atoms with Crippen molar-refractivity contribution in [1.82, 2.24) is 0 Å². The Bertz CT molecular complexity index is 690. The molecule has 3 heterocycles. The molecule has 24 heavy (non-hydrogen) atoms. The lowest BCUT2D eigenvalue weighted by molar-refractivity contribution is -0.922. The molecule has 2 aromatic rings. The van der Waals surface area contributed by atoms with E-state index in [2.05, 4.69) is 61.5 Å². The van der Waals surface area contributed by atoms with Gasteiger partial charge in [-0.3, -0.25) is 0 Å². The Balaban J connectivity index is 1.76. The summed E-state index contributed by atoms with van der Waals surface area (Å²) in [6.45, 7) is 5.83. The number of piperidine rings is 3. The summed E-state index contributed by atoms with van der Waals surface area (Å²) in [7, 11) is 0. The Hall–Kier alpha value is -1.64. The van der Waals surface area contributed by atoms with Gasteiger partial charge in [-0.25, -0.2) is 0 Å². The van der Waals surface area contributed by atoms with Gasteiger partial charge in [0.25, 0.3) is 0 Å². The van der Waals surface area contributed by atoms with Crippen LogP contribution in [-0.2, 0) is 12.0 Å². The molecule has 0 aliphatic carbocycles. The van der Waals surface area contributed by atoms with Crippen molar-refractivity contribution in [2.45, 2.75) is 31.8 Å². The molecule has 126 valence electrons. The molecule has 0 amide bonds. The van der Waals surface area contributed by atoms with Crippen molar-refractivity contribution in [3.05, 3.63) is 71.3 Å². The van der Waals surface area contributed by atoms with E-state index in [1.165, 1.54) is 37.1 Å². The van der Waals surface area contributed by atoms with E-state index in [9.17, 15) is 5.11 Å². The van der Waals surface area contributed by atoms with Crippen LogP contribution in [0.15, 0.2) is 54.6 Å². The summed E-state index contributed by atoms with van der Waals surface area (Å²) >= 11 is 0. The smallest absolute Gasteiger partial charge is 0.102 e. The highest BCUT2D eigenvalue weighted by atomic mass is 16.3. The molecule has 0 spiro atoms. The Morgan fingerprint density at radius 1 is 1.00 bits per heavy atom. The maximum absolute atomic E-state index is 12.1. The van der Waals surface area contributed by atoms with Gasteiger partial charge in [0.05, 0.1) is 19.6 Å². The van der Waals surface area contributed by atoms with Crippen LogP contribution < -0.4 is 4.90 Å². The Morgan fingerprint density at radius 2 is 1.67 bits per heavy atom. The number of rotatable bonds is 4. The third-order valence-electron chi connectivity index (χ3n) is 6.36. The van der Waals surface area contributed by atoms with Gasteiger partial charge in [0.15, 0.2) is 0 Å². The first-order valence-electron chi connectivity index (χ1n) is 9.33. The van der Waals surface area contributed by atoms with Crippen LogP contribution in [0.3, 0.4) is 0 Å². The molecule has 2 aromatic carbocycles. The molecular formula is C22H28NO+. The predicted octanol–water partition coefficient (Wildman–Crippen LogP) is 2.35. The topological polar surface area (TPSA) is 24.7 Å². The minimum Gasteiger partial charge on any atom is -0.384 e. The SMILES string of the molecule is Cc1ccccc1[C@@](O)(Cc1ccccc1)[C@@H]1C[NH+]2CCC1CC2. The molecule has 0 radical (unpaired) electrons. The van der Waals surface area contributed by atoms with Gasteiger partial charge in [-0.15, -0.1) is 0 Å². The molecule has 2 atom stereocenters. The largest absolute Gasteiger partial charge is 0.384 e. The van der Waals surface area contributed by atoms with E-state index in [0.29, 0.717) is 18.3 Å². The van der Waals surface area contributed by atoms with Crippen molar-refractivity contribution in [3.8, 4) is 0 Å². The molecule has 0 unspecified atom stereocenters. The van der Waals surface area contributed by atoms with E-state index < -0.39 is 5.60 Å². The molecule has 3 aliphatic heterocycles. The van der Waals surface area contributed by atoms with Crippen molar-refractivity contribution in [1.29, 1.82) is 0 Å². The average Bonchev–Trinajstić information content (AvgIpc) is 2.64. The van der Waals surface area contributed by atoms with Gasteiger partial charge in [-0.05, 0) is 29.5 Å². The van der Waals surface area contributed by atoms with Crippen molar-refractivity contribution in [3.63, 3.8) is 0 Å². The van der Waals surface area contributed by atoms with E-state index in [1.807, 2.05) is 0 Å². The van der Waals surface area contributed by atoms with Gasteiger partial charge in [0.2, 0.25) is 0 Å². The number of hydrogen-bond donors (Lipinski definition) is 2. The van der Waals surface area contributed by atoms with Gasteiger partial charge in [-0.2, -0.15) is 0 Å². The maximum Gasteiger partial charge on any atom is 0.102 e. The van der Waals surface area contributed by atoms with Crippen molar-refractivity contribution >= 4 is 0 Å². The fourth-order valence-corrected chi connectivity index (χ4v) is 5.08. The molecule has 0 aromatic heterocycles. The predicted molar refractivity (Wildman–Crippen MR) is 97.0 cm³/mol. The van der Waals surface area contributed by atoms with Crippen LogP contribution in [0.5, 0.6) is 0 Å². The first-order chi connectivity index (χ1) is 11.7. The third kappa shape index (κ3) is 2.78. The molecule has 2 bridgehead atoms. The van der Waals surface area contributed by atoms with Gasteiger partial charge in [0, 0.05) is 25.2 Å². The fraction of sp³-hybridized carbons (Fsp3) is 0.455. The van der Waals surface area contributed by atoms with Gasteiger partial charge in [0.1, 0.15) is 5.60 Å². The fourth-order valence-electron chi connectivity index (χ4n) is 5.08. The summed E-state index contributed by atoms with van der Waals surface area (Å²) in [4.78, 5) is 1.68. The lowest BCUT2D eigenvalue weighted by Crippen LogP contribution is -3.16. The second-order valence-electron chi connectivity index (χ2n) is 7.80. The lowest BCUT2D eigenvalue weighted by atomic mass is 9.65. The van der Waals surface area contributed by atoms with Gasteiger partial charge in [-0.1, -0.05) is 54.6 Å². The Morgan fingerprint density at radius 3 is 2.29 bits per heavy atom. The van der Waals surface area contributed by atoms with Crippen molar-refractivity contribution in [2.75, 3.05) is 19.6 Å². The number of aliphatic hydroxyl groups is 1. The minimum absolute atomic E-state index is 0.358. The van der Waals surface area contributed by atoms with E-state index in [-0.39, 0.29) is 0 Å². The lowest BCUT2D eigenvalue weighted by Gasteiger charge is -2.49. The first kappa shape index (κ1) is 15.9. The summed E-state index contributed by atoms with van der Waals surface area (Å²) < 4.78 is 0. The molecule has 0 saturated carbocycles. The van der Waals surface area contributed by atoms with E-state index in [1.54, 1.807) is 4.90 Å². The van der Waals surface area contributed by atoms with Crippen LogP contribution in [0.25, 0.3) is 0 Å². The molecule has 2 heteroatoms. The number of fused-ring (bicyclic) bond motifs is 3. The summed E-state index contributed by atoms with van der Waals surface area (Å²) in [5, 5.41) is 12.1. The van der Waals surface area contributed by atoms with Crippen LogP contribution in [0.4, 0.5) is 0 Å². The first-order valence-corrected chi connectivity index (χ1v) is 9.33. The summed E-state index contributed by atoms with van der Waals surface area (Å²) in [5.41, 5.74) is 2.81. The second kappa shape index (κ2) is 6.34. The zero-order valence-corrected chi connectivity index (χ0v) is 14.5. The van der Waals surface area contributed by atoms with Crippen LogP contribution in [-0.4, -0.2) is 24.7 Å². The highest BCUT2D eigenvalue weighted by molar-refractivity contribution is 5.34. The van der Waals surface area contributed by atoms with Crippen LogP contribution >= 0.6 is 0 Å². The van der Waals surface area contributed by atoms with Gasteiger partial charge >= 0.3 is 0 Å². The van der Waals surface area contributed by atoms with Crippen molar-refractivity contribution in [2.24, 2.45) is 11.8 Å². The summed E-state index contributed by atoms with van der Waals surface area (Å²) in [6.07, 6.45) is 3.25. The maximum atomic E-state index is 12.1. The highest BCUT2D eigenvalue weighted by Crippen LogP contribution is 2.42. The molecule has 2 nitrogen and oxygen atoms in total. The number of quaternary nitrogens is 1. The normalized spacial score (nSPS) is 28.5. The number of hydrogen-bond acceptors (Lipinski definition) is 1. The summed E-state index contributed by atoms with van der Waals surface area (Å²) in [6, 6.07) is 18.9. The minimum atomic E-state index is -0.760. The molecule has 5 rings (SSSR count). The molecule has 2 N–H and O–H groups in total. The zero-order valence-electron chi connectivity index (χ0n) is 14.5. The van der Waals surface area contributed by atoms with E-state index in [0.717, 1.165) is 12.1 Å². The average molecular weight is 322 g/mol. The van der Waals surface area contributed by atoms with Crippen LogP contribution in [0.2, 0.25) is 0 Å².